The molecule has 0 saturated heterocycles. The van der Waals surface area contributed by atoms with Crippen LogP contribution < -0.4 is 16.4 Å². The Bertz CT molecular complexity index is 1320. The highest BCUT2D eigenvalue weighted by Gasteiger charge is 2.35. The van der Waals surface area contributed by atoms with E-state index in [9.17, 15) is 19.2 Å². The zero-order chi connectivity index (χ0) is 28.6. The molecule has 4 N–H and O–H groups in total. The fourth-order valence-corrected chi connectivity index (χ4v) is 4.25. The van der Waals surface area contributed by atoms with Crippen molar-refractivity contribution in [2.24, 2.45) is 5.73 Å². The molecule has 9 nitrogen and oxygen atoms in total. The maximum Gasteiger partial charge on any atom is 0.408 e. The van der Waals surface area contributed by atoms with Gasteiger partial charge >= 0.3 is 6.09 Å². The van der Waals surface area contributed by atoms with Crippen LogP contribution in [0, 0.1) is 0 Å². The van der Waals surface area contributed by atoms with Gasteiger partial charge in [0, 0.05) is 18.7 Å². The Morgan fingerprint density at radius 3 is 2.18 bits per heavy atom. The van der Waals surface area contributed by atoms with Crippen molar-refractivity contribution in [1.29, 1.82) is 0 Å². The molecule has 3 aromatic carbocycles. The van der Waals surface area contributed by atoms with Gasteiger partial charge in [0.15, 0.2) is 0 Å². The molecule has 3 aromatic rings. The second kappa shape index (κ2) is 12.9. The van der Waals surface area contributed by atoms with Crippen LogP contribution in [-0.2, 0) is 19.1 Å². The van der Waals surface area contributed by atoms with Crippen molar-refractivity contribution in [2.75, 3.05) is 11.9 Å². The number of amides is 4. The summed E-state index contributed by atoms with van der Waals surface area (Å²) in [7, 11) is 0. The molecule has 0 fully saturated rings. The number of hydrogen-bond acceptors (Lipinski definition) is 5. The fourth-order valence-electron chi connectivity index (χ4n) is 4.25. The van der Waals surface area contributed by atoms with Crippen molar-refractivity contribution in [2.45, 2.75) is 58.2 Å². The number of hydrogen-bond donors (Lipinski definition) is 3. The number of primary amides is 1. The van der Waals surface area contributed by atoms with Gasteiger partial charge in [0.2, 0.25) is 11.8 Å². The smallest absolute Gasteiger partial charge is 0.408 e. The number of ether oxygens (including phenoxy) is 1. The first-order valence-electron chi connectivity index (χ1n) is 12.9. The van der Waals surface area contributed by atoms with Gasteiger partial charge in [0.1, 0.15) is 17.7 Å². The Labute approximate surface area is 228 Å². The second-order valence-corrected chi connectivity index (χ2v) is 10.2. The molecule has 9 heteroatoms. The van der Waals surface area contributed by atoms with Gasteiger partial charge in [-0.25, -0.2) is 4.79 Å². The maximum atomic E-state index is 13.9. The Hall–Kier alpha value is -4.40. The number of anilines is 1. The van der Waals surface area contributed by atoms with E-state index in [0.29, 0.717) is 11.3 Å². The van der Waals surface area contributed by atoms with Crippen LogP contribution in [-0.4, -0.2) is 46.9 Å². The lowest BCUT2D eigenvalue weighted by Gasteiger charge is -2.33. The normalized spacial score (nSPS) is 12.7. The van der Waals surface area contributed by atoms with Crippen LogP contribution in [0.1, 0.15) is 52.1 Å². The zero-order valence-corrected chi connectivity index (χ0v) is 22.8. The molecule has 0 saturated carbocycles. The van der Waals surface area contributed by atoms with E-state index in [0.717, 1.165) is 10.8 Å². The zero-order valence-electron chi connectivity index (χ0n) is 22.8. The second-order valence-electron chi connectivity index (χ2n) is 10.2. The van der Waals surface area contributed by atoms with Crippen LogP contribution in [0.4, 0.5) is 10.5 Å². The number of alkyl carbamates (subject to hydrolysis) is 1. The van der Waals surface area contributed by atoms with Crippen LogP contribution in [0.5, 0.6) is 0 Å². The molecular formula is C30H36N4O5. The first-order valence-corrected chi connectivity index (χ1v) is 12.9. The van der Waals surface area contributed by atoms with Gasteiger partial charge in [-0.15, -0.1) is 0 Å². The van der Waals surface area contributed by atoms with Crippen LogP contribution in [0.15, 0.2) is 72.8 Å². The van der Waals surface area contributed by atoms with Crippen molar-refractivity contribution in [3.63, 3.8) is 0 Å². The van der Waals surface area contributed by atoms with E-state index in [1.54, 1.807) is 58.0 Å². The summed E-state index contributed by atoms with van der Waals surface area (Å²) in [5.41, 5.74) is 5.72. The predicted octanol–water partition coefficient (Wildman–Crippen LogP) is 4.53. The summed E-state index contributed by atoms with van der Waals surface area (Å²) in [6, 6.07) is 20.2. The number of nitrogens with two attached hydrogens (primary N) is 1. The molecule has 206 valence electrons. The molecule has 0 aliphatic heterocycles. The van der Waals surface area contributed by atoms with Crippen LogP contribution in [0.25, 0.3) is 10.8 Å². The van der Waals surface area contributed by atoms with Crippen molar-refractivity contribution in [3.8, 4) is 0 Å². The predicted molar refractivity (Wildman–Crippen MR) is 151 cm³/mol. The minimum atomic E-state index is -1.13. The van der Waals surface area contributed by atoms with Crippen LogP contribution >= 0.6 is 0 Å². The molecule has 0 spiro atoms. The Balaban J connectivity index is 1.93. The molecule has 0 bridgehead atoms. The topological polar surface area (TPSA) is 131 Å². The van der Waals surface area contributed by atoms with Crippen molar-refractivity contribution in [3.05, 3.63) is 78.4 Å². The lowest BCUT2D eigenvalue weighted by atomic mass is 10.0. The van der Waals surface area contributed by atoms with E-state index >= 15 is 0 Å². The lowest BCUT2D eigenvalue weighted by Crippen LogP contribution is -2.52. The molecule has 2 atom stereocenters. The molecule has 2 unspecified atom stereocenters. The highest BCUT2D eigenvalue weighted by atomic mass is 16.6. The third kappa shape index (κ3) is 8.29. The average molecular weight is 533 g/mol. The molecule has 39 heavy (non-hydrogen) atoms. The fraction of sp³-hybridized carbons (Fsp3) is 0.333. The SMILES string of the molecule is CCN(C(=O)C(CCC(N)=O)NC(=O)OC(C)(C)C)C(C(=O)Nc1ccc2ccccc2c1)c1ccccc1. The highest BCUT2D eigenvalue weighted by Crippen LogP contribution is 2.26. The summed E-state index contributed by atoms with van der Waals surface area (Å²) in [6.07, 6.45) is -0.987. The Morgan fingerprint density at radius 2 is 1.56 bits per heavy atom. The summed E-state index contributed by atoms with van der Waals surface area (Å²) in [6.45, 7) is 7.01. The quantitative estimate of drug-likeness (QED) is 0.353. The number of carbonyl (C=O) groups is 4. The van der Waals surface area contributed by atoms with Gasteiger partial charge in [-0.1, -0.05) is 60.7 Å². The standard InChI is InChI=1S/C30H36N4O5/c1-5-34(28(37)24(17-18-25(31)35)33-29(38)39-30(2,3)4)26(21-12-7-6-8-13-21)27(36)32-23-16-15-20-11-9-10-14-22(20)19-23/h6-16,19,24,26H,5,17-18H2,1-4H3,(H2,31,35)(H,32,36)(H,33,38). The maximum absolute atomic E-state index is 13.9. The number of benzene rings is 3. The Morgan fingerprint density at radius 1 is 0.923 bits per heavy atom. The van der Waals surface area contributed by atoms with Gasteiger partial charge in [0.05, 0.1) is 0 Å². The number of likely N-dealkylation sites (N-methyl/N-ethyl adjacent to an activating group) is 1. The van der Waals surface area contributed by atoms with Gasteiger partial charge < -0.3 is 26.0 Å². The van der Waals surface area contributed by atoms with Gasteiger partial charge in [-0.05, 0) is 62.6 Å². The summed E-state index contributed by atoms with van der Waals surface area (Å²) in [4.78, 5) is 53.1. The molecule has 4 amide bonds. The molecular weight excluding hydrogens is 496 g/mol. The molecule has 0 aliphatic carbocycles. The van der Waals surface area contributed by atoms with E-state index in [-0.39, 0.29) is 19.4 Å². The summed E-state index contributed by atoms with van der Waals surface area (Å²) >= 11 is 0. The molecule has 0 heterocycles. The number of nitrogens with one attached hydrogen (secondary N) is 2. The highest BCUT2D eigenvalue weighted by molar-refractivity contribution is 6.00. The minimum Gasteiger partial charge on any atom is -0.444 e. The average Bonchev–Trinajstić information content (AvgIpc) is 2.88. The van der Waals surface area contributed by atoms with Gasteiger partial charge in [0.25, 0.3) is 5.91 Å². The van der Waals surface area contributed by atoms with E-state index in [2.05, 4.69) is 10.6 Å². The number of rotatable bonds is 10. The molecule has 0 radical (unpaired) electrons. The number of nitrogens with zero attached hydrogens (tertiary/aromatic N) is 1. The number of carbonyl (C=O) groups excluding carboxylic acids is 4. The minimum absolute atomic E-state index is 0.0439. The monoisotopic (exact) mass is 532 g/mol. The molecule has 0 aromatic heterocycles. The van der Waals surface area contributed by atoms with E-state index in [1.807, 2.05) is 42.5 Å². The van der Waals surface area contributed by atoms with Crippen LogP contribution in [0.3, 0.4) is 0 Å². The van der Waals surface area contributed by atoms with Crippen molar-refractivity contribution in [1.82, 2.24) is 10.2 Å². The lowest BCUT2D eigenvalue weighted by molar-refractivity contribution is -0.140. The largest absolute Gasteiger partial charge is 0.444 e. The van der Waals surface area contributed by atoms with E-state index < -0.39 is 41.5 Å². The van der Waals surface area contributed by atoms with Gasteiger partial charge in [-0.2, -0.15) is 0 Å². The third-order valence-corrected chi connectivity index (χ3v) is 5.98. The van der Waals surface area contributed by atoms with Crippen molar-refractivity contribution >= 4 is 40.3 Å². The van der Waals surface area contributed by atoms with E-state index in [1.165, 1.54) is 4.90 Å². The number of fused-ring (bicyclic) bond motifs is 1. The summed E-state index contributed by atoms with van der Waals surface area (Å²) in [5.74, 6) is -1.57. The van der Waals surface area contributed by atoms with Crippen LogP contribution in [0.2, 0.25) is 0 Å². The molecule has 0 aliphatic rings. The third-order valence-electron chi connectivity index (χ3n) is 5.98. The first-order chi connectivity index (χ1) is 18.5. The van der Waals surface area contributed by atoms with Crippen molar-refractivity contribution < 1.29 is 23.9 Å². The summed E-state index contributed by atoms with van der Waals surface area (Å²) < 4.78 is 5.33. The first kappa shape index (κ1) is 29.2. The molecule has 3 rings (SSSR count). The Kier molecular flexibility index (Phi) is 9.65. The summed E-state index contributed by atoms with van der Waals surface area (Å²) in [5, 5.41) is 7.51. The van der Waals surface area contributed by atoms with Gasteiger partial charge in [-0.3, -0.25) is 14.4 Å². The van der Waals surface area contributed by atoms with E-state index in [4.69, 9.17) is 10.5 Å².